The van der Waals surface area contributed by atoms with Crippen molar-refractivity contribution in [2.75, 3.05) is 6.79 Å². The summed E-state index contributed by atoms with van der Waals surface area (Å²) in [6.45, 7) is 4.52. The molecule has 0 saturated heterocycles. The molecule has 138 valence electrons. The Kier molecular flexibility index (Phi) is 7.70. The fourth-order valence-electron chi connectivity index (χ4n) is 1.82. The number of carboxylic acids is 1. The molecule has 0 bridgehead atoms. The van der Waals surface area contributed by atoms with Crippen molar-refractivity contribution in [1.29, 1.82) is 0 Å². The SMILES string of the molecule is CC(C)(C)C(=O)OCOC(=O)NC(CCC(=O)O)c1ccc(Cl)cc1. The number of esters is 1. The summed E-state index contributed by atoms with van der Waals surface area (Å²) < 4.78 is 9.67. The molecule has 0 saturated carbocycles. The lowest BCUT2D eigenvalue weighted by Crippen LogP contribution is -2.31. The third-order valence-electron chi connectivity index (χ3n) is 3.20. The monoisotopic (exact) mass is 371 g/mol. The zero-order chi connectivity index (χ0) is 19.0. The molecule has 1 amide bonds. The Hall–Kier alpha value is -2.28. The zero-order valence-electron chi connectivity index (χ0n) is 14.4. The van der Waals surface area contributed by atoms with Gasteiger partial charge in [-0.2, -0.15) is 0 Å². The predicted molar refractivity (Wildman–Crippen MR) is 91.1 cm³/mol. The van der Waals surface area contributed by atoms with Crippen molar-refractivity contribution in [1.82, 2.24) is 5.32 Å². The van der Waals surface area contributed by atoms with Gasteiger partial charge in [0.05, 0.1) is 11.5 Å². The van der Waals surface area contributed by atoms with E-state index in [9.17, 15) is 14.4 Å². The van der Waals surface area contributed by atoms with Gasteiger partial charge in [0, 0.05) is 11.4 Å². The first-order chi connectivity index (χ1) is 11.6. The van der Waals surface area contributed by atoms with E-state index in [0.29, 0.717) is 10.6 Å². The number of aliphatic carboxylic acids is 1. The van der Waals surface area contributed by atoms with E-state index in [-0.39, 0.29) is 12.8 Å². The topological polar surface area (TPSA) is 102 Å². The van der Waals surface area contributed by atoms with Crippen LogP contribution >= 0.6 is 11.6 Å². The largest absolute Gasteiger partial charge is 0.481 e. The van der Waals surface area contributed by atoms with Crippen LogP contribution < -0.4 is 5.32 Å². The minimum Gasteiger partial charge on any atom is -0.481 e. The number of amides is 1. The average molecular weight is 372 g/mol. The first-order valence-electron chi connectivity index (χ1n) is 7.67. The molecule has 0 aromatic heterocycles. The van der Waals surface area contributed by atoms with Crippen LogP contribution in [0.4, 0.5) is 4.79 Å². The molecule has 1 rings (SSSR count). The van der Waals surface area contributed by atoms with Crippen molar-refractivity contribution in [2.45, 2.75) is 39.7 Å². The van der Waals surface area contributed by atoms with E-state index in [1.807, 2.05) is 0 Å². The van der Waals surface area contributed by atoms with E-state index in [1.165, 1.54) is 0 Å². The lowest BCUT2D eigenvalue weighted by molar-refractivity contribution is -0.161. The summed E-state index contributed by atoms with van der Waals surface area (Å²) in [5.41, 5.74) is -0.0121. The first kappa shape index (κ1) is 20.8. The maximum absolute atomic E-state index is 11.9. The predicted octanol–water partition coefficient (Wildman–Crippen LogP) is 3.52. The van der Waals surface area contributed by atoms with Gasteiger partial charge in [0.2, 0.25) is 6.79 Å². The average Bonchev–Trinajstić information content (AvgIpc) is 2.51. The van der Waals surface area contributed by atoms with Gasteiger partial charge in [-0.05, 0) is 44.9 Å². The normalized spacial score (nSPS) is 12.2. The van der Waals surface area contributed by atoms with Gasteiger partial charge in [-0.15, -0.1) is 0 Å². The molecule has 0 fully saturated rings. The number of nitrogens with one attached hydrogen (secondary N) is 1. The van der Waals surface area contributed by atoms with Crippen LogP contribution in [0.5, 0.6) is 0 Å². The van der Waals surface area contributed by atoms with Crippen molar-refractivity contribution in [3.05, 3.63) is 34.9 Å². The van der Waals surface area contributed by atoms with E-state index in [0.717, 1.165) is 0 Å². The number of carbonyl (C=O) groups is 3. The molecule has 0 aliphatic heterocycles. The quantitative estimate of drug-likeness (QED) is 0.561. The van der Waals surface area contributed by atoms with Crippen molar-refractivity contribution in [3.8, 4) is 0 Å². The van der Waals surface area contributed by atoms with Gasteiger partial charge < -0.3 is 19.9 Å². The summed E-state index contributed by atoms with van der Waals surface area (Å²) >= 11 is 5.83. The van der Waals surface area contributed by atoms with Gasteiger partial charge in [-0.3, -0.25) is 9.59 Å². The molecule has 1 atom stereocenters. The molecule has 0 aliphatic carbocycles. The Bertz CT molecular complexity index is 609. The van der Waals surface area contributed by atoms with Gasteiger partial charge in [0.25, 0.3) is 0 Å². The summed E-state index contributed by atoms with van der Waals surface area (Å²) in [7, 11) is 0. The van der Waals surface area contributed by atoms with Crippen LogP contribution in [0.15, 0.2) is 24.3 Å². The van der Waals surface area contributed by atoms with Gasteiger partial charge >= 0.3 is 18.0 Å². The van der Waals surface area contributed by atoms with Crippen LogP contribution in [-0.4, -0.2) is 29.9 Å². The first-order valence-corrected chi connectivity index (χ1v) is 8.05. The minimum atomic E-state index is -0.978. The Morgan fingerprint density at radius 2 is 1.76 bits per heavy atom. The number of hydrogen-bond acceptors (Lipinski definition) is 5. The third kappa shape index (κ3) is 7.89. The molecule has 1 aromatic carbocycles. The molecule has 2 N–H and O–H groups in total. The Labute approximate surface area is 151 Å². The second-order valence-corrected chi connectivity index (χ2v) is 6.85. The van der Waals surface area contributed by atoms with Crippen molar-refractivity contribution in [3.63, 3.8) is 0 Å². The molecular formula is C17H22ClNO6. The Morgan fingerprint density at radius 1 is 1.16 bits per heavy atom. The lowest BCUT2D eigenvalue weighted by atomic mass is 9.98. The molecular weight excluding hydrogens is 350 g/mol. The summed E-state index contributed by atoms with van der Waals surface area (Å²) in [4.78, 5) is 34.3. The highest BCUT2D eigenvalue weighted by atomic mass is 35.5. The van der Waals surface area contributed by atoms with E-state index >= 15 is 0 Å². The van der Waals surface area contributed by atoms with Crippen LogP contribution in [0.1, 0.15) is 45.2 Å². The highest BCUT2D eigenvalue weighted by molar-refractivity contribution is 6.30. The van der Waals surface area contributed by atoms with E-state index in [1.54, 1.807) is 45.0 Å². The Morgan fingerprint density at radius 3 is 2.28 bits per heavy atom. The summed E-state index contributed by atoms with van der Waals surface area (Å²) in [6, 6.07) is 6.09. The van der Waals surface area contributed by atoms with Crippen LogP contribution in [0.2, 0.25) is 5.02 Å². The molecule has 1 unspecified atom stereocenters. The smallest absolute Gasteiger partial charge is 0.410 e. The van der Waals surface area contributed by atoms with E-state index < -0.39 is 36.3 Å². The number of benzene rings is 1. The lowest BCUT2D eigenvalue weighted by Gasteiger charge is -2.19. The number of alkyl carbamates (subject to hydrolysis) is 1. The van der Waals surface area contributed by atoms with Gasteiger partial charge in [0.1, 0.15) is 0 Å². The summed E-state index contributed by atoms with van der Waals surface area (Å²) in [5.74, 6) is -1.48. The van der Waals surface area contributed by atoms with Crippen molar-refractivity contribution >= 4 is 29.6 Å². The van der Waals surface area contributed by atoms with Crippen molar-refractivity contribution < 1.29 is 29.0 Å². The number of hydrogen-bond donors (Lipinski definition) is 2. The highest BCUT2D eigenvalue weighted by Gasteiger charge is 2.23. The van der Waals surface area contributed by atoms with E-state index in [4.69, 9.17) is 26.2 Å². The van der Waals surface area contributed by atoms with Crippen LogP contribution in [0.3, 0.4) is 0 Å². The number of carboxylic acid groups (broad SMARTS) is 1. The molecule has 0 spiro atoms. The standard InChI is InChI=1S/C17H22ClNO6/c1-17(2,3)15(22)24-10-25-16(23)19-13(8-9-14(20)21)11-4-6-12(18)7-5-11/h4-7,13H,8-10H2,1-3H3,(H,19,23)(H,20,21). The molecule has 0 aliphatic rings. The number of rotatable bonds is 7. The van der Waals surface area contributed by atoms with Gasteiger partial charge in [-0.25, -0.2) is 4.79 Å². The summed E-state index contributed by atoms with van der Waals surface area (Å²) in [5, 5.41) is 11.9. The third-order valence-corrected chi connectivity index (χ3v) is 3.46. The minimum absolute atomic E-state index is 0.132. The maximum Gasteiger partial charge on any atom is 0.410 e. The molecule has 0 heterocycles. The molecule has 8 heteroatoms. The highest BCUT2D eigenvalue weighted by Crippen LogP contribution is 2.21. The van der Waals surface area contributed by atoms with Crippen LogP contribution in [-0.2, 0) is 19.1 Å². The fraction of sp³-hybridized carbons (Fsp3) is 0.471. The Balaban J connectivity index is 2.61. The molecule has 0 radical (unpaired) electrons. The molecule has 25 heavy (non-hydrogen) atoms. The summed E-state index contributed by atoms with van der Waals surface area (Å²) in [6.07, 6.45) is -0.771. The second-order valence-electron chi connectivity index (χ2n) is 6.41. The fourth-order valence-corrected chi connectivity index (χ4v) is 1.95. The van der Waals surface area contributed by atoms with Crippen LogP contribution in [0, 0.1) is 5.41 Å². The number of ether oxygens (including phenoxy) is 2. The molecule has 7 nitrogen and oxygen atoms in total. The van der Waals surface area contributed by atoms with Gasteiger partial charge in [-0.1, -0.05) is 23.7 Å². The van der Waals surface area contributed by atoms with Crippen LogP contribution in [0.25, 0.3) is 0 Å². The zero-order valence-corrected chi connectivity index (χ0v) is 15.1. The number of halogens is 1. The molecule has 1 aromatic rings. The second kappa shape index (κ2) is 9.27. The van der Waals surface area contributed by atoms with Crippen molar-refractivity contribution in [2.24, 2.45) is 5.41 Å². The number of carbonyl (C=O) groups excluding carboxylic acids is 2. The maximum atomic E-state index is 11.9. The van der Waals surface area contributed by atoms with E-state index in [2.05, 4.69) is 5.32 Å². The van der Waals surface area contributed by atoms with Gasteiger partial charge in [0.15, 0.2) is 0 Å².